The second-order valence-corrected chi connectivity index (χ2v) is 7.29. The van der Waals surface area contributed by atoms with E-state index in [1.54, 1.807) is 64.1 Å². The van der Waals surface area contributed by atoms with E-state index in [1.807, 2.05) is 0 Å². The van der Waals surface area contributed by atoms with E-state index >= 15 is 0 Å². The Labute approximate surface area is 164 Å². The Hall–Kier alpha value is -3.42. The molecule has 0 heterocycles. The van der Waals surface area contributed by atoms with Crippen molar-refractivity contribution in [1.29, 1.82) is 0 Å². The highest BCUT2D eigenvalue weighted by atomic mass is 16.3. The lowest BCUT2D eigenvalue weighted by Gasteiger charge is -2.22. The van der Waals surface area contributed by atoms with Crippen LogP contribution in [0.1, 0.15) is 27.7 Å². The molecule has 8 nitrogen and oxygen atoms in total. The molecule has 28 heavy (non-hydrogen) atoms. The Morgan fingerprint density at radius 2 is 1.00 bits per heavy atom. The van der Waals surface area contributed by atoms with Crippen molar-refractivity contribution in [2.24, 2.45) is 31.7 Å². The van der Waals surface area contributed by atoms with Crippen LogP contribution in [0.3, 0.4) is 0 Å². The van der Waals surface area contributed by atoms with Crippen LogP contribution < -0.4 is 11.5 Å². The fourth-order valence-corrected chi connectivity index (χ4v) is 2.00. The number of aromatic hydroxyl groups is 2. The van der Waals surface area contributed by atoms with Gasteiger partial charge in [-0.25, -0.2) is 9.98 Å². The SMILES string of the molecule is CC(C)(N=NC(C)(C)C(N)=Nc1ccccc1O)C(N)=Nc1ccccc1O. The predicted octanol–water partition coefficient (Wildman–Crippen LogP) is 3.78. The van der Waals surface area contributed by atoms with Crippen LogP contribution in [-0.2, 0) is 0 Å². The first-order chi connectivity index (χ1) is 13.0. The Morgan fingerprint density at radius 3 is 1.32 bits per heavy atom. The van der Waals surface area contributed by atoms with Crippen molar-refractivity contribution < 1.29 is 10.2 Å². The third kappa shape index (κ3) is 5.06. The van der Waals surface area contributed by atoms with Gasteiger partial charge in [-0.2, -0.15) is 10.2 Å². The minimum atomic E-state index is -0.936. The van der Waals surface area contributed by atoms with Gasteiger partial charge in [-0.15, -0.1) is 0 Å². The quantitative estimate of drug-likeness (QED) is 0.342. The average molecular weight is 382 g/mol. The van der Waals surface area contributed by atoms with Gasteiger partial charge in [0.05, 0.1) is 0 Å². The minimum Gasteiger partial charge on any atom is -0.506 e. The zero-order chi connectivity index (χ0) is 20.9. The molecule has 0 unspecified atom stereocenters. The van der Waals surface area contributed by atoms with Crippen LogP contribution in [0.25, 0.3) is 0 Å². The monoisotopic (exact) mass is 382 g/mol. The van der Waals surface area contributed by atoms with Gasteiger partial charge in [0.1, 0.15) is 45.6 Å². The predicted molar refractivity (Wildman–Crippen MR) is 112 cm³/mol. The Bertz CT molecular complexity index is 856. The molecule has 0 aromatic heterocycles. The number of benzene rings is 2. The molecule has 0 aliphatic rings. The van der Waals surface area contributed by atoms with Crippen LogP contribution in [0.15, 0.2) is 68.7 Å². The van der Waals surface area contributed by atoms with Crippen molar-refractivity contribution in [3.8, 4) is 11.5 Å². The molecular weight excluding hydrogens is 356 g/mol. The van der Waals surface area contributed by atoms with Gasteiger partial charge in [-0.1, -0.05) is 24.3 Å². The topological polar surface area (TPSA) is 142 Å². The number of rotatable bonds is 6. The van der Waals surface area contributed by atoms with Crippen molar-refractivity contribution in [1.82, 2.24) is 0 Å². The van der Waals surface area contributed by atoms with Crippen LogP contribution in [0.4, 0.5) is 11.4 Å². The van der Waals surface area contributed by atoms with Gasteiger partial charge in [0.2, 0.25) is 0 Å². The van der Waals surface area contributed by atoms with E-state index in [2.05, 4.69) is 20.2 Å². The maximum Gasteiger partial charge on any atom is 0.141 e. The Morgan fingerprint density at radius 1 is 0.679 bits per heavy atom. The second-order valence-electron chi connectivity index (χ2n) is 7.29. The lowest BCUT2D eigenvalue weighted by Crippen LogP contribution is -2.39. The van der Waals surface area contributed by atoms with Gasteiger partial charge >= 0.3 is 0 Å². The van der Waals surface area contributed by atoms with Gasteiger partial charge in [0.25, 0.3) is 0 Å². The molecule has 0 saturated carbocycles. The van der Waals surface area contributed by atoms with Crippen molar-refractivity contribution in [2.75, 3.05) is 0 Å². The molecule has 0 amide bonds. The van der Waals surface area contributed by atoms with Crippen molar-refractivity contribution in [2.45, 2.75) is 38.8 Å². The molecule has 0 atom stereocenters. The third-order valence-corrected chi connectivity index (χ3v) is 4.05. The van der Waals surface area contributed by atoms with Gasteiger partial charge in [0.15, 0.2) is 0 Å². The van der Waals surface area contributed by atoms with Crippen LogP contribution in [0.2, 0.25) is 0 Å². The summed E-state index contributed by atoms with van der Waals surface area (Å²) in [6.07, 6.45) is 0. The number of phenolic OH excluding ortho intramolecular Hbond substituents is 2. The third-order valence-electron chi connectivity index (χ3n) is 4.05. The van der Waals surface area contributed by atoms with Crippen LogP contribution in [0, 0.1) is 0 Å². The first-order valence-corrected chi connectivity index (χ1v) is 8.72. The number of azo groups is 1. The summed E-state index contributed by atoms with van der Waals surface area (Å²) < 4.78 is 0. The number of hydrogen-bond donors (Lipinski definition) is 4. The zero-order valence-electron chi connectivity index (χ0n) is 16.5. The summed E-state index contributed by atoms with van der Waals surface area (Å²) in [6.45, 7) is 7.01. The molecule has 0 fully saturated rings. The van der Waals surface area contributed by atoms with E-state index in [4.69, 9.17) is 11.5 Å². The molecule has 0 radical (unpaired) electrons. The first kappa shape index (κ1) is 20.9. The van der Waals surface area contributed by atoms with Gasteiger partial charge in [0, 0.05) is 0 Å². The summed E-state index contributed by atoms with van der Waals surface area (Å²) in [5, 5.41) is 28.3. The number of hydrogen-bond acceptors (Lipinski definition) is 6. The normalized spacial score (nSPS) is 13.9. The summed E-state index contributed by atoms with van der Waals surface area (Å²) in [5.41, 5.74) is 11.0. The van der Waals surface area contributed by atoms with E-state index in [-0.39, 0.29) is 23.2 Å². The van der Waals surface area contributed by atoms with Gasteiger partial charge < -0.3 is 21.7 Å². The smallest absolute Gasteiger partial charge is 0.141 e. The fourth-order valence-electron chi connectivity index (χ4n) is 2.00. The number of aliphatic imine (C=N–C) groups is 2. The lowest BCUT2D eigenvalue weighted by molar-refractivity contribution is 0.476. The van der Waals surface area contributed by atoms with Gasteiger partial charge in [-0.3, -0.25) is 0 Å². The summed E-state index contributed by atoms with van der Waals surface area (Å²) in [4.78, 5) is 8.50. The van der Waals surface area contributed by atoms with E-state index in [0.29, 0.717) is 11.4 Å². The van der Waals surface area contributed by atoms with E-state index in [0.717, 1.165) is 0 Å². The van der Waals surface area contributed by atoms with Crippen LogP contribution in [-0.4, -0.2) is 33.0 Å². The molecule has 2 rings (SSSR count). The second kappa shape index (κ2) is 8.08. The molecule has 0 spiro atoms. The highest BCUT2D eigenvalue weighted by molar-refractivity contribution is 5.93. The van der Waals surface area contributed by atoms with Gasteiger partial charge in [-0.05, 0) is 52.0 Å². The summed E-state index contributed by atoms with van der Waals surface area (Å²) in [5.74, 6) is 0.421. The molecule has 148 valence electrons. The molecule has 0 aliphatic carbocycles. The standard InChI is InChI=1S/C20H26N6O2/c1-19(2,17(21)23-13-9-5-7-11-15(13)27)25-26-20(3,4)18(22)24-14-10-6-8-12-16(14)28/h5-12,27-28H,1-4H3,(H2,21,23)(H2,22,24). The molecule has 6 N–H and O–H groups in total. The summed E-state index contributed by atoms with van der Waals surface area (Å²) >= 11 is 0. The summed E-state index contributed by atoms with van der Waals surface area (Å²) in [7, 11) is 0. The number of amidine groups is 2. The molecule has 0 bridgehead atoms. The first-order valence-electron chi connectivity index (χ1n) is 8.72. The molecule has 2 aromatic rings. The number of para-hydroxylation sites is 4. The van der Waals surface area contributed by atoms with Crippen molar-refractivity contribution >= 4 is 23.0 Å². The number of nitrogens with zero attached hydrogens (tertiary/aromatic N) is 4. The zero-order valence-corrected chi connectivity index (χ0v) is 16.5. The molecule has 0 saturated heterocycles. The highest BCUT2D eigenvalue weighted by Gasteiger charge is 2.27. The van der Waals surface area contributed by atoms with Crippen LogP contribution >= 0.6 is 0 Å². The molecular formula is C20H26N6O2. The lowest BCUT2D eigenvalue weighted by atomic mass is 10.0. The molecule has 0 aliphatic heterocycles. The number of phenols is 2. The minimum absolute atomic E-state index is 0.0255. The highest BCUT2D eigenvalue weighted by Crippen LogP contribution is 2.28. The Balaban J connectivity index is 2.26. The van der Waals surface area contributed by atoms with E-state index in [9.17, 15) is 10.2 Å². The van der Waals surface area contributed by atoms with E-state index in [1.165, 1.54) is 12.1 Å². The summed E-state index contributed by atoms with van der Waals surface area (Å²) in [6, 6.07) is 13.3. The average Bonchev–Trinajstić information content (AvgIpc) is 2.64. The van der Waals surface area contributed by atoms with Crippen molar-refractivity contribution in [3.63, 3.8) is 0 Å². The van der Waals surface area contributed by atoms with Crippen molar-refractivity contribution in [3.05, 3.63) is 48.5 Å². The fraction of sp³-hybridized carbons (Fsp3) is 0.300. The largest absolute Gasteiger partial charge is 0.506 e. The van der Waals surface area contributed by atoms with E-state index < -0.39 is 11.1 Å². The maximum absolute atomic E-state index is 9.85. The maximum atomic E-state index is 9.85. The van der Waals surface area contributed by atoms with Crippen LogP contribution in [0.5, 0.6) is 11.5 Å². The Kier molecular flexibility index (Phi) is 6.03. The molecule has 8 heteroatoms. The molecule has 2 aromatic carbocycles. The number of nitrogens with two attached hydrogens (primary N) is 2.